The molecule has 0 aliphatic rings. The van der Waals surface area contributed by atoms with Gasteiger partial charge in [-0.1, -0.05) is 37.1 Å². The number of unbranched alkanes of at least 4 members (excludes halogenated alkanes) is 1. The summed E-state index contributed by atoms with van der Waals surface area (Å²) < 4.78 is 6.82. The van der Waals surface area contributed by atoms with Crippen LogP contribution in [0.15, 0.2) is 42.5 Å². The smallest absolute Gasteiger partial charge is 0.344 e. The molecule has 0 saturated carbocycles. The van der Waals surface area contributed by atoms with Crippen LogP contribution in [0.2, 0.25) is 5.02 Å². The third kappa shape index (κ3) is 3.64. The van der Waals surface area contributed by atoms with Crippen LogP contribution in [0.25, 0.3) is 27.9 Å². The third-order valence-corrected chi connectivity index (χ3v) is 5.14. The van der Waals surface area contributed by atoms with Gasteiger partial charge in [0.05, 0.1) is 28.3 Å². The Bertz CT molecular complexity index is 1330. The summed E-state index contributed by atoms with van der Waals surface area (Å²) in [5.41, 5.74) is 8.18. The molecule has 2 heterocycles. The van der Waals surface area contributed by atoms with Crippen LogP contribution in [0, 0.1) is 10.1 Å². The Morgan fingerprint density at radius 2 is 1.94 bits per heavy atom. The van der Waals surface area contributed by atoms with E-state index in [0.717, 1.165) is 6.42 Å². The van der Waals surface area contributed by atoms with Gasteiger partial charge in [0.15, 0.2) is 5.65 Å². The molecule has 2 N–H and O–H groups in total. The molecule has 2 aromatic carbocycles. The second kappa shape index (κ2) is 8.19. The van der Waals surface area contributed by atoms with Gasteiger partial charge in [-0.2, -0.15) is 0 Å². The predicted molar refractivity (Wildman–Crippen MR) is 118 cm³/mol. The maximum Gasteiger partial charge on any atom is 0.344 e. The SMILES string of the molecule is CCCCOC(=O)c1c(N)n(-c2ccc(Cl)c([N+](=O)[O-])c2)c2nc3ccccc3nc12. The molecule has 31 heavy (non-hydrogen) atoms. The van der Waals surface area contributed by atoms with E-state index in [2.05, 4.69) is 9.97 Å². The number of nitro benzene ring substituents is 1. The van der Waals surface area contributed by atoms with Crippen molar-refractivity contribution in [3.05, 3.63) is 63.2 Å². The first kappa shape index (κ1) is 20.5. The minimum absolute atomic E-state index is 0.0143. The molecule has 0 radical (unpaired) electrons. The van der Waals surface area contributed by atoms with E-state index in [1.165, 1.54) is 16.7 Å². The fourth-order valence-corrected chi connectivity index (χ4v) is 3.47. The van der Waals surface area contributed by atoms with Crippen molar-refractivity contribution >= 4 is 51.3 Å². The molecular formula is C21H18ClN5O4. The summed E-state index contributed by atoms with van der Waals surface area (Å²) in [6.07, 6.45) is 1.58. The summed E-state index contributed by atoms with van der Waals surface area (Å²) in [6, 6.07) is 11.4. The second-order valence-corrected chi connectivity index (χ2v) is 7.27. The number of aromatic nitrogens is 3. The predicted octanol–water partition coefficient (Wildman–Crippen LogP) is 4.67. The van der Waals surface area contributed by atoms with E-state index in [1.807, 2.05) is 19.1 Å². The van der Waals surface area contributed by atoms with E-state index < -0.39 is 10.9 Å². The summed E-state index contributed by atoms with van der Waals surface area (Å²) in [7, 11) is 0. The van der Waals surface area contributed by atoms with Gasteiger partial charge in [-0.3, -0.25) is 14.7 Å². The third-order valence-electron chi connectivity index (χ3n) is 4.82. The summed E-state index contributed by atoms with van der Waals surface area (Å²) in [5, 5.41) is 11.4. The molecule has 4 aromatic rings. The molecule has 4 rings (SSSR count). The van der Waals surface area contributed by atoms with Gasteiger partial charge in [0, 0.05) is 6.07 Å². The van der Waals surface area contributed by atoms with Gasteiger partial charge >= 0.3 is 5.97 Å². The van der Waals surface area contributed by atoms with Crippen LogP contribution in [-0.4, -0.2) is 32.0 Å². The zero-order chi connectivity index (χ0) is 22.1. The average Bonchev–Trinajstić information content (AvgIpc) is 3.03. The molecule has 9 nitrogen and oxygen atoms in total. The van der Waals surface area contributed by atoms with E-state index in [1.54, 1.807) is 18.2 Å². The minimum Gasteiger partial charge on any atom is -0.462 e. The van der Waals surface area contributed by atoms with E-state index >= 15 is 0 Å². The van der Waals surface area contributed by atoms with Crippen LogP contribution in [-0.2, 0) is 4.74 Å². The Morgan fingerprint density at radius 3 is 2.61 bits per heavy atom. The number of carbonyl (C=O) groups is 1. The first-order valence-corrected chi connectivity index (χ1v) is 9.98. The number of ether oxygens (including phenoxy) is 1. The molecule has 0 unspecified atom stereocenters. The van der Waals surface area contributed by atoms with Gasteiger partial charge in [0.25, 0.3) is 5.69 Å². The minimum atomic E-state index is -0.622. The zero-order valence-electron chi connectivity index (χ0n) is 16.5. The van der Waals surface area contributed by atoms with Crippen LogP contribution >= 0.6 is 11.6 Å². The second-order valence-electron chi connectivity index (χ2n) is 6.86. The van der Waals surface area contributed by atoms with Crippen molar-refractivity contribution in [1.82, 2.24) is 14.5 Å². The highest BCUT2D eigenvalue weighted by Crippen LogP contribution is 2.34. The van der Waals surface area contributed by atoms with Crippen molar-refractivity contribution < 1.29 is 14.5 Å². The van der Waals surface area contributed by atoms with Gasteiger partial charge in [0.2, 0.25) is 0 Å². The Morgan fingerprint density at radius 1 is 1.23 bits per heavy atom. The Kier molecular flexibility index (Phi) is 5.43. The number of rotatable bonds is 6. The van der Waals surface area contributed by atoms with Crippen LogP contribution < -0.4 is 5.73 Å². The van der Waals surface area contributed by atoms with Crippen molar-refractivity contribution in [2.24, 2.45) is 0 Å². The van der Waals surface area contributed by atoms with Crippen LogP contribution in [0.5, 0.6) is 0 Å². The standard InChI is InChI=1S/C21H18ClN5O4/c1-2-3-10-31-21(28)17-18-20(25-15-7-5-4-6-14(15)24-18)26(19(17)23)12-8-9-13(22)16(11-12)27(29)30/h4-9,11H,2-3,10,23H2,1H3. The Balaban J connectivity index is 2.00. The number of nitrogens with zero attached hydrogens (tertiary/aromatic N) is 4. The molecule has 0 aliphatic carbocycles. The maximum absolute atomic E-state index is 12.9. The summed E-state index contributed by atoms with van der Waals surface area (Å²) in [4.78, 5) is 32.8. The highest BCUT2D eigenvalue weighted by atomic mass is 35.5. The van der Waals surface area contributed by atoms with E-state index in [0.29, 0.717) is 23.1 Å². The number of benzene rings is 2. The summed E-state index contributed by atoms with van der Waals surface area (Å²) >= 11 is 5.96. The lowest BCUT2D eigenvalue weighted by atomic mass is 10.2. The maximum atomic E-state index is 12.9. The fourth-order valence-electron chi connectivity index (χ4n) is 3.29. The van der Waals surface area contributed by atoms with Crippen molar-refractivity contribution in [3.8, 4) is 5.69 Å². The van der Waals surface area contributed by atoms with E-state index in [-0.39, 0.29) is 39.9 Å². The van der Waals surface area contributed by atoms with Crippen LogP contribution in [0.4, 0.5) is 11.5 Å². The van der Waals surface area contributed by atoms with E-state index in [4.69, 9.17) is 22.1 Å². The van der Waals surface area contributed by atoms with E-state index in [9.17, 15) is 14.9 Å². The number of nitrogens with two attached hydrogens (primary N) is 1. The average molecular weight is 440 g/mol. The molecule has 0 saturated heterocycles. The number of nitrogen functional groups attached to an aromatic ring is 1. The van der Waals surface area contributed by atoms with Crippen molar-refractivity contribution in [1.29, 1.82) is 0 Å². The molecule has 0 fully saturated rings. The molecule has 158 valence electrons. The Labute approximate surface area is 181 Å². The topological polar surface area (TPSA) is 126 Å². The monoisotopic (exact) mass is 439 g/mol. The van der Waals surface area contributed by atoms with Gasteiger partial charge in [-0.15, -0.1) is 0 Å². The normalized spacial score (nSPS) is 11.2. The molecule has 0 atom stereocenters. The molecule has 0 spiro atoms. The Hall–Kier alpha value is -3.72. The number of nitro groups is 1. The summed E-state index contributed by atoms with van der Waals surface area (Å²) in [6.45, 7) is 2.23. The number of esters is 1. The highest BCUT2D eigenvalue weighted by molar-refractivity contribution is 6.32. The largest absolute Gasteiger partial charge is 0.462 e. The quantitative estimate of drug-likeness (QED) is 0.200. The number of halogens is 1. The molecule has 0 bridgehead atoms. The van der Waals surface area contributed by atoms with Crippen molar-refractivity contribution in [2.75, 3.05) is 12.3 Å². The van der Waals surface area contributed by atoms with Gasteiger partial charge < -0.3 is 10.5 Å². The number of carbonyl (C=O) groups excluding carboxylic acids is 1. The highest BCUT2D eigenvalue weighted by Gasteiger charge is 2.27. The molecular weight excluding hydrogens is 422 g/mol. The fraction of sp³-hybridized carbons (Fsp3) is 0.190. The molecule has 2 aromatic heterocycles. The van der Waals surface area contributed by atoms with Crippen LogP contribution in [0.1, 0.15) is 30.1 Å². The number of fused-ring (bicyclic) bond motifs is 2. The first-order chi connectivity index (χ1) is 14.9. The lowest BCUT2D eigenvalue weighted by molar-refractivity contribution is -0.384. The van der Waals surface area contributed by atoms with Crippen molar-refractivity contribution in [2.45, 2.75) is 19.8 Å². The summed E-state index contributed by atoms with van der Waals surface area (Å²) in [5.74, 6) is -0.592. The van der Waals surface area contributed by atoms with Gasteiger partial charge in [0.1, 0.15) is 21.9 Å². The number of hydrogen-bond donors (Lipinski definition) is 1. The zero-order valence-corrected chi connectivity index (χ0v) is 17.3. The number of hydrogen-bond acceptors (Lipinski definition) is 7. The first-order valence-electron chi connectivity index (χ1n) is 9.60. The lowest BCUT2D eigenvalue weighted by Crippen LogP contribution is -2.10. The molecule has 0 aliphatic heterocycles. The van der Waals surface area contributed by atoms with Crippen molar-refractivity contribution in [3.63, 3.8) is 0 Å². The van der Waals surface area contributed by atoms with Gasteiger partial charge in [-0.25, -0.2) is 14.8 Å². The lowest BCUT2D eigenvalue weighted by Gasteiger charge is -2.08. The van der Waals surface area contributed by atoms with Crippen LogP contribution in [0.3, 0.4) is 0 Å². The molecule has 0 amide bonds. The van der Waals surface area contributed by atoms with Gasteiger partial charge in [-0.05, 0) is 30.7 Å². The molecule has 10 heteroatoms. The number of anilines is 1. The number of para-hydroxylation sites is 2.